The zero-order valence-corrected chi connectivity index (χ0v) is 6.46. The molecule has 12 heavy (non-hydrogen) atoms. The fraction of sp³-hybridized carbons (Fsp3) is 0.333. The molecule has 0 bridgehead atoms. The topological polar surface area (TPSA) is 29.5 Å². The van der Waals surface area contributed by atoms with Crippen molar-refractivity contribution in [2.75, 3.05) is 6.61 Å². The summed E-state index contributed by atoms with van der Waals surface area (Å²) in [5, 5.41) is 9.42. The third kappa shape index (κ3) is 1.06. The van der Waals surface area contributed by atoms with Gasteiger partial charge >= 0.3 is 0 Å². The third-order valence-corrected chi connectivity index (χ3v) is 1.99. The van der Waals surface area contributed by atoms with Crippen LogP contribution >= 0.6 is 0 Å². The molecule has 0 amide bonds. The summed E-state index contributed by atoms with van der Waals surface area (Å²) >= 11 is 0. The van der Waals surface area contributed by atoms with Crippen molar-refractivity contribution in [3.8, 4) is 5.75 Å². The summed E-state index contributed by atoms with van der Waals surface area (Å²) in [6, 6.07) is 4.57. The lowest BCUT2D eigenvalue weighted by Crippen LogP contribution is -2.15. The first kappa shape index (κ1) is 7.55. The standard InChI is InChI=1S/C9H9FO2/c10-6-2-1-3-8-9(6)7(11)4-5-12-8/h1-3,7,11H,4-5H2. The van der Waals surface area contributed by atoms with Crippen molar-refractivity contribution in [1.29, 1.82) is 0 Å². The van der Waals surface area contributed by atoms with E-state index in [1.54, 1.807) is 12.1 Å². The predicted molar refractivity (Wildman–Crippen MR) is 41.5 cm³/mol. The Morgan fingerprint density at radius 2 is 2.33 bits per heavy atom. The van der Waals surface area contributed by atoms with Crippen LogP contribution in [0.4, 0.5) is 4.39 Å². The van der Waals surface area contributed by atoms with Gasteiger partial charge in [-0.25, -0.2) is 4.39 Å². The molecule has 1 heterocycles. The first-order valence-corrected chi connectivity index (χ1v) is 3.88. The summed E-state index contributed by atoms with van der Waals surface area (Å²) in [5.41, 5.74) is 0.295. The lowest BCUT2D eigenvalue weighted by atomic mass is 10.0. The highest BCUT2D eigenvalue weighted by atomic mass is 19.1. The first-order valence-electron chi connectivity index (χ1n) is 3.88. The van der Waals surface area contributed by atoms with Crippen molar-refractivity contribution < 1.29 is 14.2 Å². The Balaban J connectivity index is 2.53. The predicted octanol–water partition coefficient (Wildman–Crippen LogP) is 1.64. The molecule has 2 nitrogen and oxygen atoms in total. The summed E-state index contributed by atoms with van der Waals surface area (Å²) < 4.78 is 18.3. The minimum Gasteiger partial charge on any atom is -0.493 e. The summed E-state index contributed by atoms with van der Waals surface area (Å²) in [6.45, 7) is 0.456. The second kappa shape index (κ2) is 2.75. The molecule has 1 N–H and O–H groups in total. The van der Waals surface area contributed by atoms with Gasteiger partial charge in [-0.1, -0.05) is 6.07 Å². The number of benzene rings is 1. The SMILES string of the molecule is OC1CCOc2cccc(F)c21. The molecular formula is C9H9FO2. The number of halogens is 1. The molecule has 1 aliphatic heterocycles. The van der Waals surface area contributed by atoms with Crippen LogP contribution in [0.5, 0.6) is 5.75 Å². The Labute approximate surface area is 69.6 Å². The van der Waals surface area contributed by atoms with E-state index in [4.69, 9.17) is 4.74 Å². The number of aliphatic hydroxyl groups excluding tert-OH is 1. The van der Waals surface area contributed by atoms with Gasteiger partial charge in [0.1, 0.15) is 11.6 Å². The van der Waals surface area contributed by atoms with Gasteiger partial charge in [-0.15, -0.1) is 0 Å². The summed E-state index contributed by atoms with van der Waals surface area (Å²) in [5.74, 6) is 0.0773. The Morgan fingerprint density at radius 3 is 3.08 bits per heavy atom. The summed E-state index contributed by atoms with van der Waals surface area (Å²) in [4.78, 5) is 0. The van der Waals surface area contributed by atoms with Crippen molar-refractivity contribution >= 4 is 0 Å². The van der Waals surface area contributed by atoms with Crippen molar-refractivity contribution in [3.63, 3.8) is 0 Å². The fourth-order valence-corrected chi connectivity index (χ4v) is 1.39. The molecule has 2 rings (SSSR count). The molecule has 0 aromatic heterocycles. The molecule has 1 atom stereocenters. The van der Waals surface area contributed by atoms with Crippen LogP contribution in [-0.4, -0.2) is 11.7 Å². The molecule has 0 spiro atoms. The van der Waals surface area contributed by atoms with E-state index >= 15 is 0 Å². The highest BCUT2D eigenvalue weighted by Crippen LogP contribution is 2.33. The Bertz CT molecular complexity index is 299. The zero-order valence-electron chi connectivity index (χ0n) is 6.46. The van der Waals surface area contributed by atoms with Gasteiger partial charge in [0, 0.05) is 6.42 Å². The van der Waals surface area contributed by atoms with Crippen molar-refractivity contribution in [3.05, 3.63) is 29.6 Å². The van der Waals surface area contributed by atoms with Crippen LogP contribution in [0.2, 0.25) is 0 Å². The molecule has 3 heteroatoms. The maximum atomic E-state index is 13.1. The molecule has 0 saturated carbocycles. The number of aliphatic hydroxyl groups is 1. The van der Waals surface area contributed by atoms with Gasteiger partial charge in [0.2, 0.25) is 0 Å². The minimum atomic E-state index is -0.713. The van der Waals surface area contributed by atoms with E-state index in [9.17, 15) is 9.50 Å². The Kier molecular flexibility index (Phi) is 1.73. The number of hydrogen-bond acceptors (Lipinski definition) is 2. The minimum absolute atomic E-state index is 0.295. The van der Waals surface area contributed by atoms with Gasteiger partial charge < -0.3 is 9.84 Å². The van der Waals surface area contributed by atoms with Crippen LogP contribution in [0.25, 0.3) is 0 Å². The maximum absolute atomic E-state index is 13.1. The third-order valence-electron chi connectivity index (χ3n) is 1.99. The Hall–Kier alpha value is -1.09. The molecule has 0 saturated heterocycles. The number of ether oxygens (including phenoxy) is 1. The van der Waals surface area contributed by atoms with E-state index in [1.807, 2.05) is 0 Å². The molecule has 0 aliphatic carbocycles. The molecule has 0 fully saturated rings. The van der Waals surface area contributed by atoms with Crippen molar-refractivity contribution in [1.82, 2.24) is 0 Å². The fourth-order valence-electron chi connectivity index (χ4n) is 1.39. The number of hydrogen-bond donors (Lipinski definition) is 1. The molecule has 0 radical (unpaired) electrons. The van der Waals surface area contributed by atoms with Crippen LogP contribution in [-0.2, 0) is 0 Å². The Morgan fingerprint density at radius 1 is 1.50 bits per heavy atom. The van der Waals surface area contributed by atoms with E-state index in [-0.39, 0.29) is 5.82 Å². The molecule has 1 aromatic carbocycles. The van der Waals surface area contributed by atoms with Crippen molar-refractivity contribution in [2.45, 2.75) is 12.5 Å². The highest BCUT2D eigenvalue weighted by molar-refractivity contribution is 5.37. The van der Waals surface area contributed by atoms with Gasteiger partial charge in [0.25, 0.3) is 0 Å². The summed E-state index contributed by atoms with van der Waals surface area (Å²) in [6.07, 6.45) is -0.247. The van der Waals surface area contributed by atoms with Gasteiger partial charge in [-0.3, -0.25) is 0 Å². The average Bonchev–Trinajstić information content (AvgIpc) is 2.04. The van der Waals surface area contributed by atoms with Crippen LogP contribution < -0.4 is 4.74 Å². The normalized spacial score (nSPS) is 21.3. The van der Waals surface area contributed by atoms with Gasteiger partial charge in [0.15, 0.2) is 0 Å². The quantitative estimate of drug-likeness (QED) is 0.638. The van der Waals surface area contributed by atoms with E-state index in [1.165, 1.54) is 6.07 Å². The first-order chi connectivity index (χ1) is 5.79. The molecule has 64 valence electrons. The molecule has 1 aromatic rings. The second-order valence-corrected chi connectivity index (χ2v) is 2.80. The van der Waals surface area contributed by atoms with Gasteiger partial charge in [-0.2, -0.15) is 0 Å². The second-order valence-electron chi connectivity index (χ2n) is 2.80. The van der Waals surface area contributed by atoms with E-state index in [2.05, 4.69) is 0 Å². The van der Waals surface area contributed by atoms with Crippen LogP contribution in [0.3, 0.4) is 0 Å². The van der Waals surface area contributed by atoms with Gasteiger partial charge in [-0.05, 0) is 12.1 Å². The van der Waals surface area contributed by atoms with E-state index < -0.39 is 6.10 Å². The monoisotopic (exact) mass is 168 g/mol. The average molecular weight is 168 g/mol. The van der Waals surface area contributed by atoms with Crippen LogP contribution in [0.1, 0.15) is 18.1 Å². The smallest absolute Gasteiger partial charge is 0.132 e. The van der Waals surface area contributed by atoms with Gasteiger partial charge in [0.05, 0.1) is 18.3 Å². The van der Waals surface area contributed by atoms with Crippen LogP contribution in [0.15, 0.2) is 18.2 Å². The lowest BCUT2D eigenvalue weighted by molar-refractivity contribution is 0.111. The van der Waals surface area contributed by atoms with Crippen molar-refractivity contribution in [2.24, 2.45) is 0 Å². The molecular weight excluding hydrogens is 159 g/mol. The lowest BCUT2D eigenvalue weighted by Gasteiger charge is -2.21. The summed E-state index contributed by atoms with van der Waals surface area (Å²) in [7, 11) is 0. The zero-order chi connectivity index (χ0) is 8.55. The molecule has 1 aliphatic rings. The van der Waals surface area contributed by atoms with E-state index in [0.717, 1.165) is 0 Å². The largest absolute Gasteiger partial charge is 0.493 e. The highest BCUT2D eigenvalue weighted by Gasteiger charge is 2.22. The van der Waals surface area contributed by atoms with E-state index in [0.29, 0.717) is 24.3 Å². The molecule has 1 unspecified atom stereocenters. The number of fused-ring (bicyclic) bond motifs is 1. The number of rotatable bonds is 0. The maximum Gasteiger partial charge on any atom is 0.132 e. The van der Waals surface area contributed by atoms with Crippen LogP contribution in [0, 0.1) is 5.82 Å².